The third-order valence-corrected chi connectivity index (χ3v) is 4.99. The molecule has 1 saturated heterocycles. The van der Waals surface area contributed by atoms with Gasteiger partial charge in [-0.2, -0.15) is 0 Å². The largest absolute Gasteiger partial charge is 0.477 e. The molecule has 0 bridgehead atoms. The average molecular weight is 383 g/mol. The number of hydrogen-bond acceptors (Lipinski definition) is 6. The van der Waals surface area contributed by atoms with E-state index in [-0.39, 0.29) is 28.5 Å². The van der Waals surface area contributed by atoms with E-state index in [2.05, 4.69) is 9.97 Å². The van der Waals surface area contributed by atoms with Crippen LogP contribution in [-0.4, -0.2) is 44.7 Å². The van der Waals surface area contributed by atoms with E-state index in [0.29, 0.717) is 25.2 Å². The Balaban J connectivity index is 2.09. The number of pyridine rings is 3. The Hall–Kier alpha value is -3.33. The van der Waals surface area contributed by atoms with Gasteiger partial charge in [0.2, 0.25) is 5.43 Å². The number of hydrogen-bond donors (Lipinski definition) is 2. The van der Waals surface area contributed by atoms with E-state index in [0.717, 1.165) is 0 Å². The lowest BCUT2D eigenvalue weighted by Crippen LogP contribution is -2.28. The van der Waals surface area contributed by atoms with Gasteiger partial charge < -0.3 is 20.3 Å². The molecule has 9 heteroatoms. The highest BCUT2D eigenvalue weighted by Crippen LogP contribution is 2.29. The van der Waals surface area contributed by atoms with Gasteiger partial charge in [0.05, 0.1) is 11.1 Å². The Labute approximate surface area is 159 Å². The van der Waals surface area contributed by atoms with Crippen LogP contribution in [0.1, 0.15) is 22.3 Å². The molecule has 3 aromatic heterocycles. The average Bonchev–Trinajstić information content (AvgIpc) is 3.11. The number of aromatic carboxylic acids is 1. The van der Waals surface area contributed by atoms with E-state index in [1.54, 1.807) is 17.0 Å². The summed E-state index contributed by atoms with van der Waals surface area (Å²) in [6.07, 6.45) is 5.01. The molecule has 4 heterocycles. The molecule has 28 heavy (non-hydrogen) atoms. The van der Waals surface area contributed by atoms with E-state index in [9.17, 15) is 14.7 Å². The molecular weight excluding hydrogens is 365 g/mol. The highest BCUT2D eigenvalue weighted by Gasteiger charge is 2.27. The maximum atomic E-state index is 15.1. The first-order valence-electron chi connectivity index (χ1n) is 8.78. The summed E-state index contributed by atoms with van der Waals surface area (Å²) >= 11 is 0. The minimum absolute atomic E-state index is 0.0542. The number of aryl methyl sites for hydroxylation is 1. The van der Waals surface area contributed by atoms with Gasteiger partial charge in [-0.05, 0) is 25.5 Å². The third kappa shape index (κ3) is 2.80. The summed E-state index contributed by atoms with van der Waals surface area (Å²) < 4.78 is 16.6. The summed E-state index contributed by atoms with van der Waals surface area (Å²) in [6.45, 7) is 2.48. The van der Waals surface area contributed by atoms with Gasteiger partial charge in [0.1, 0.15) is 5.56 Å². The summed E-state index contributed by atoms with van der Waals surface area (Å²) in [6, 6.07) is 3.23. The van der Waals surface area contributed by atoms with Crippen LogP contribution < -0.4 is 16.1 Å². The highest BCUT2D eigenvalue weighted by atomic mass is 19.1. The molecule has 0 unspecified atom stereocenters. The predicted molar refractivity (Wildman–Crippen MR) is 102 cm³/mol. The number of aromatic nitrogens is 3. The quantitative estimate of drug-likeness (QED) is 0.704. The first-order chi connectivity index (χ1) is 13.4. The zero-order valence-corrected chi connectivity index (χ0v) is 15.1. The molecule has 0 aromatic carbocycles. The molecule has 0 radical (unpaired) electrons. The summed E-state index contributed by atoms with van der Waals surface area (Å²) in [7, 11) is 0. The second-order valence-corrected chi connectivity index (χ2v) is 6.82. The van der Waals surface area contributed by atoms with Gasteiger partial charge in [-0.25, -0.2) is 14.2 Å². The summed E-state index contributed by atoms with van der Waals surface area (Å²) in [4.78, 5) is 34.5. The lowest BCUT2D eigenvalue weighted by atomic mass is 10.1. The second-order valence-electron chi connectivity index (χ2n) is 6.82. The Morgan fingerprint density at radius 1 is 1.36 bits per heavy atom. The molecule has 1 fully saturated rings. The van der Waals surface area contributed by atoms with Crippen molar-refractivity contribution in [3.05, 3.63) is 57.9 Å². The predicted octanol–water partition coefficient (Wildman–Crippen LogP) is 1.46. The Bertz CT molecular complexity index is 1150. The lowest BCUT2D eigenvalue weighted by Gasteiger charge is -2.21. The second kappa shape index (κ2) is 6.68. The number of nitrogens with zero attached hydrogens (tertiary/aromatic N) is 4. The van der Waals surface area contributed by atoms with Gasteiger partial charge in [-0.3, -0.25) is 9.78 Å². The molecule has 0 aliphatic carbocycles. The van der Waals surface area contributed by atoms with Crippen LogP contribution in [-0.2, 0) is 0 Å². The van der Waals surface area contributed by atoms with Crippen molar-refractivity contribution in [2.75, 3.05) is 18.0 Å². The molecule has 1 aliphatic heterocycles. The van der Waals surface area contributed by atoms with Crippen LogP contribution >= 0.6 is 0 Å². The Morgan fingerprint density at radius 3 is 2.68 bits per heavy atom. The molecule has 3 N–H and O–H groups in total. The zero-order valence-electron chi connectivity index (χ0n) is 15.1. The number of carbonyl (C=O) groups is 1. The van der Waals surface area contributed by atoms with Crippen molar-refractivity contribution in [3.63, 3.8) is 0 Å². The van der Waals surface area contributed by atoms with Crippen LogP contribution in [0.5, 0.6) is 0 Å². The topological polar surface area (TPSA) is 114 Å². The molecule has 1 aliphatic rings. The van der Waals surface area contributed by atoms with Crippen LogP contribution in [0.15, 0.2) is 35.5 Å². The minimum atomic E-state index is -1.39. The number of anilines is 1. The van der Waals surface area contributed by atoms with Gasteiger partial charge >= 0.3 is 5.97 Å². The van der Waals surface area contributed by atoms with Crippen molar-refractivity contribution in [2.24, 2.45) is 5.73 Å². The fourth-order valence-electron chi connectivity index (χ4n) is 3.52. The summed E-state index contributed by atoms with van der Waals surface area (Å²) in [5, 5.41) is 9.40. The molecular formula is C19H18FN5O3. The number of carboxylic acids is 1. The van der Waals surface area contributed by atoms with Crippen molar-refractivity contribution in [1.82, 2.24) is 14.5 Å². The van der Waals surface area contributed by atoms with Gasteiger partial charge in [0.25, 0.3) is 0 Å². The third-order valence-electron chi connectivity index (χ3n) is 4.99. The van der Waals surface area contributed by atoms with Crippen LogP contribution in [0.2, 0.25) is 0 Å². The fraction of sp³-hybridized carbons (Fsp3) is 0.263. The van der Waals surface area contributed by atoms with Crippen LogP contribution in [0.25, 0.3) is 16.7 Å². The van der Waals surface area contributed by atoms with Crippen LogP contribution in [0, 0.1) is 12.7 Å². The van der Waals surface area contributed by atoms with Gasteiger partial charge in [-0.15, -0.1) is 0 Å². The van der Waals surface area contributed by atoms with E-state index < -0.39 is 22.8 Å². The van der Waals surface area contributed by atoms with E-state index >= 15 is 4.39 Å². The first kappa shape index (κ1) is 18.1. The van der Waals surface area contributed by atoms with Gasteiger partial charge in [0.15, 0.2) is 17.3 Å². The van der Waals surface area contributed by atoms with Crippen LogP contribution in [0.4, 0.5) is 10.2 Å². The number of rotatable bonds is 3. The van der Waals surface area contributed by atoms with Gasteiger partial charge in [-0.1, -0.05) is 0 Å². The Kier molecular flexibility index (Phi) is 4.31. The zero-order chi connectivity index (χ0) is 20.0. The monoisotopic (exact) mass is 383 g/mol. The highest BCUT2D eigenvalue weighted by molar-refractivity contribution is 5.93. The molecule has 3 aromatic rings. The number of halogens is 1. The SMILES string of the molecule is Cc1c(F)c(N2CC[C@H](N)C2)nc2c1c(=O)c(C(=O)O)cn2-c1ccncc1. The van der Waals surface area contributed by atoms with E-state index in [1.807, 2.05) is 0 Å². The normalized spacial score (nSPS) is 16.7. The molecule has 1 atom stereocenters. The molecule has 0 spiro atoms. The maximum Gasteiger partial charge on any atom is 0.341 e. The standard InChI is InChI=1S/C19H18FN5O3/c1-10-14-16(26)13(19(27)28)9-25(12-2-5-22-6-3-12)17(14)23-18(15(10)20)24-7-4-11(21)8-24/h2-3,5-6,9,11H,4,7-8,21H2,1H3,(H,27,28)/t11-/m0/s1. The van der Waals surface area contributed by atoms with Crippen LogP contribution in [0.3, 0.4) is 0 Å². The molecule has 0 amide bonds. The summed E-state index contributed by atoms with van der Waals surface area (Å²) in [5.74, 6) is -1.91. The van der Waals surface area contributed by atoms with Crippen molar-refractivity contribution in [3.8, 4) is 5.69 Å². The molecule has 8 nitrogen and oxygen atoms in total. The molecule has 0 saturated carbocycles. The van der Waals surface area contributed by atoms with E-state index in [1.165, 1.54) is 30.1 Å². The first-order valence-corrected chi connectivity index (χ1v) is 8.78. The van der Waals surface area contributed by atoms with Crippen molar-refractivity contribution in [2.45, 2.75) is 19.4 Å². The smallest absolute Gasteiger partial charge is 0.341 e. The maximum absolute atomic E-state index is 15.1. The van der Waals surface area contributed by atoms with E-state index in [4.69, 9.17) is 5.73 Å². The Morgan fingerprint density at radius 2 is 2.07 bits per heavy atom. The lowest BCUT2D eigenvalue weighted by molar-refractivity contribution is 0.0695. The minimum Gasteiger partial charge on any atom is -0.477 e. The number of carboxylic acid groups (broad SMARTS) is 1. The number of nitrogens with two attached hydrogens (primary N) is 1. The molecule has 144 valence electrons. The summed E-state index contributed by atoms with van der Waals surface area (Å²) in [5.41, 5.74) is 5.54. The van der Waals surface area contributed by atoms with Gasteiger partial charge in [0, 0.05) is 43.3 Å². The fourth-order valence-corrected chi connectivity index (χ4v) is 3.52. The number of fused-ring (bicyclic) bond motifs is 1. The van der Waals surface area contributed by atoms with Crippen molar-refractivity contribution >= 4 is 22.8 Å². The van der Waals surface area contributed by atoms with Crippen molar-refractivity contribution < 1.29 is 14.3 Å². The molecule has 4 rings (SSSR count). The van der Waals surface area contributed by atoms with Crippen molar-refractivity contribution in [1.29, 1.82) is 0 Å².